The zero-order chi connectivity index (χ0) is 14.4. The first-order valence-electron chi connectivity index (χ1n) is 7.63. The van der Waals surface area contributed by atoms with Gasteiger partial charge in [-0.1, -0.05) is 87.5 Å². The molecule has 0 N–H and O–H groups in total. The zero-order valence-electron chi connectivity index (χ0n) is 12.5. The lowest BCUT2D eigenvalue weighted by molar-refractivity contribution is 0.702. The molecule has 0 aliphatic heterocycles. The van der Waals surface area contributed by atoms with Crippen LogP contribution in [0.25, 0.3) is 11.1 Å². The van der Waals surface area contributed by atoms with Gasteiger partial charge < -0.3 is 0 Å². The Labute approximate surface area is 127 Å². The third-order valence-corrected chi connectivity index (χ3v) is 4.10. The number of hydrogen-bond donors (Lipinski definition) is 0. The monoisotopic (exact) mass is 286 g/mol. The Hall–Kier alpha value is -1.27. The Bertz CT molecular complexity index is 553. The van der Waals surface area contributed by atoms with Gasteiger partial charge in [0.25, 0.3) is 0 Å². The lowest BCUT2D eigenvalue weighted by Gasteiger charge is -2.00. The van der Waals surface area contributed by atoms with E-state index in [0.717, 1.165) is 11.4 Å². The molecule has 1 aliphatic carbocycles. The predicted octanol–water partition coefficient (Wildman–Crippen LogP) is 6.50. The topological polar surface area (TPSA) is 0 Å². The molecular weight excluding hydrogens is 264 g/mol. The normalized spacial score (nSPS) is 11.3. The molecule has 106 valence electrons. The van der Waals surface area contributed by atoms with Crippen molar-refractivity contribution < 1.29 is 0 Å². The Morgan fingerprint density at radius 1 is 0.850 bits per heavy atom. The van der Waals surface area contributed by atoms with E-state index >= 15 is 0 Å². The van der Waals surface area contributed by atoms with Crippen molar-refractivity contribution in [1.82, 2.24) is 0 Å². The van der Waals surface area contributed by atoms with Crippen molar-refractivity contribution in [3.05, 3.63) is 58.6 Å². The molecule has 0 radical (unpaired) electrons. The first-order chi connectivity index (χ1) is 9.77. The summed E-state index contributed by atoms with van der Waals surface area (Å²) in [6.45, 7) is 4.46. The van der Waals surface area contributed by atoms with Gasteiger partial charge >= 0.3 is 0 Å². The number of unbranched alkanes of at least 4 members (excludes halogenated alkanes) is 3. The van der Waals surface area contributed by atoms with E-state index in [0.29, 0.717) is 0 Å². The van der Waals surface area contributed by atoms with Crippen LogP contribution in [0.5, 0.6) is 0 Å². The van der Waals surface area contributed by atoms with Crippen LogP contribution >= 0.6 is 11.6 Å². The smallest absolute Gasteiger partial charge is 0.0447 e. The molecule has 0 fully saturated rings. The molecule has 0 bridgehead atoms. The fourth-order valence-corrected chi connectivity index (χ4v) is 2.86. The van der Waals surface area contributed by atoms with Crippen molar-refractivity contribution in [2.75, 3.05) is 0 Å². The van der Waals surface area contributed by atoms with E-state index in [9.17, 15) is 0 Å². The first-order valence-corrected chi connectivity index (χ1v) is 8.01. The Kier molecular flexibility index (Phi) is 5.67. The van der Waals surface area contributed by atoms with Gasteiger partial charge in [0.15, 0.2) is 0 Å². The Balaban J connectivity index is 0.000000212. The van der Waals surface area contributed by atoms with Crippen LogP contribution in [0.2, 0.25) is 5.02 Å². The molecule has 0 atom stereocenters. The molecule has 1 aliphatic rings. The molecule has 0 saturated carbocycles. The number of benzene rings is 2. The fourth-order valence-electron chi connectivity index (χ4n) is 2.62. The number of halogens is 1. The molecule has 0 unspecified atom stereocenters. The van der Waals surface area contributed by atoms with Gasteiger partial charge in [0, 0.05) is 11.4 Å². The van der Waals surface area contributed by atoms with E-state index in [1.165, 1.54) is 47.9 Å². The van der Waals surface area contributed by atoms with E-state index in [1.807, 2.05) is 12.1 Å². The number of hydrogen-bond acceptors (Lipinski definition) is 0. The van der Waals surface area contributed by atoms with Gasteiger partial charge in [-0.05, 0) is 28.3 Å². The lowest BCUT2D eigenvalue weighted by atomic mass is 10.1. The summed E-state index contributed by atoms with van der Waals surface area (Å²) in [6, 6.07) is 14.6. The molecule has 2 aromatic rings. The van der Waals surface area contributed by atoms with Gasteiger partial charge in [0.2, 0.25) is 0 Å². The van der Waals surface area contributed by atoms with Crippen LogP contribution in [0.1, 0.15) is 50.7 Å². The molecule has 2 aromatic carbocycles. The van der Waals surface area contributed by atoms with Crippen LogP contribution in [0.4, 0.5) is 0 Å². The second kappa shape index (κ2) is 7.50. The zero-order valence-corrected chi connectivity index (χ0v) is 13.2. The van der Waals surface area contributed by atoms with Crippen LogP contribution in [0.3, 0.4) is 0 Å². The van der Waals surface area contributed by atoms with E-state index in [2.05, 4.69) is 44.2 Å². The summed E-state index contributed by atoms with van der Waals surface area (Å²) in [6.07, 6.45) is 6.51. The standard InChI is InChI=1S/C13H9Cl.C6H14/c14-13-7-3-6-11-10-5-2-1-4-9(10)8-12(11)13;1-3-5-6-4-2/h1-7H,8H2;3-6H2,1-2H3. The van der Waals surface area contributed by atoms with Gasteiger partial charge in [0.1, 0.15) is 0 Å². The average Bonchev–Trinajstić information content (AvgIpc) is 2.86. The van der Waals surface area contributed by atoms with Crippen molar-refractivity contribution in [3.63, 3.8) is 0 Å². The van der Waals surface area contributed by atoms with Crippen molar-refractivity contribution in [1.29, 1.82) is 0 Å². The summed E-state index contributed by atoms with van der Waals surface area (Å²) in [5.74, 6) is 0. The average molecular weight is 287 g/mol. The van der Waals surface area contributed by atoms with Crippen molar-refractivity contribution in [2.24, 2.45) is 0 Å². The van der Waals surface area contributed by atoms with E-state index in [-0.39, 0.29) is 0 Å². The molecule has 0 aromatic heterocycles. The van der Waals surface area contributed by atoms with Crippen molar-refractivity contribution in [3.8, 4) is 11.1 Å². The number of fused-ring (bicyclic) bond motifs is 3. The van der Waals surface area contributed by atoms with Gasteiger partial charge in [-0.2, -0.15) is 0 Å². The second-order valence-corrected chi connectivity index (χ2v) is 5.71. The van der Waals surface area contributed by atoms with E-state index in [1.54, 1.807) is 0 Å². The molecule has 20 heavy (non-hydrogen) atoms. The lowest BCUT2D eigenvalue weighted by Crippen LogP contribution is -1.80. The SMILES string of the molecule is CCCCCC.Clc1cccc2c1Cc1ccccc1-2. The molecule has 3 rings (SSSR count). The van der Waals surface area contributed by atoms with Gasteiger partial charge in [-0.3, -0.25) is 0 Å². The predicted molar refractivity (Wildman–Crippen MR) is 89.5 cm³/mol. The number of rotatable bonds is 3. The van der Waals surface area contributed by atoms with Crippen molar-refractivity contribution >= 4 is 11.6 Å². The maximum absolute atomic E-state index is 6.16. The molecule has 0 spiro atoms. The minimum atomic E-state index is 0.888. The largest absolute Gasteiger partial charge is 0.0840 e. The highest BCUT2D eigenvalue weighted by Gasteiger charge is 2.19. The molecule has 0 nitrogen and oxygen atoms in total. The van der Waals surface area contributed by atoms with Crippen LogP contribution in [0.15, 0.2) is 42.5 Å². The van der Waals surface area contributed by atoms with Crippen LogP contribution in [-0.4, -0.2) is 0 Å². The van der Waals surface area contributed by atoms with E-state index in [4.69, 9.17) is 11.6 Å². The Morgan fingerprint density at radius 2 is 1.50 bits per heavy atom. The van der Waals surface area contributed by atoms with Crippen LogP contribution < -0.4 is 0 Å². The second-order valence-electron chi connectivity index (χ2n) is 5.31. The molecule has 1 heteroatoms. The summed E-state index contributed by atoms with van der Waals surface area (Å²) < 4.78 is 0. The summed E-state index contributed by atoms with van der Waals surface area (Å²) in [4.78, 5) is 0. The summed E-state index contributed by atoms with van der Waals surface area (Å²) in [7, 11) is 0. The minimum absolute atomic E-state index is 0.888. The fraction of sp³-hybridized carbons (Fsp3) is 0.368. The molecule has 0 heterocycles. The molecular formula is C19H23Cl. The van der Waals surface area contributed by atoms with Crippen LogP contribution in [0, 0.1) is 0 Å². The molecule has 0 amide bonds. The highest BCUT2D eigenvalue weighted by atomic mass is 35.5. The van der Waals surface area contributed by atoms with E-state index < -0.39 is 0 Å². The summed E-state index contributed by atoms with van der Waals surface area (Å²) in [5, 5.41) is 0.888. The Morgan fingerprint density at radius 3 is 2.20 bits per heavy atom. The van der Waals surface area contributed by atoms with Crippen LogP contribution in [-0.2, 0) is 6.42 Å². The third kappa shape index (κ3) is 3.43. The van der Waals surface area contributed by atoms with Gasteiger partial charge in [-0.25, -0.2) is 0 Å². The maximum atomic E-state index is 6.16. The van der Waals surface area contributed by atoms with Crippen molar-refractivity contribution in [2.45, 2.75) is 46.0 Å². The minimum Gasteiger partial charge on any atom is -0.0840 e. The quantitative estimate of drug-likeness (QED) is 0.482. The summed E-state index contributed by atoms with van der Waals surface area (Å²) >= 11 is 6.16. The first kappa shape index (κ1) is 15.1. The summed E-state index contributed by atoms with van der Waals surface area (Å²) in [5.41, 5.74) is 5.30. The third-order valence-electron chi connectivity index (χ3n) is 3.75. The van der Waals surface area contributed by atoms with Gasteiger partial charge in [-0.15, -0.1) is 0 Å². The highest BCUT2D eigenvalue weighted by Crippen LogP contribution is 2.39. The maximum Gasteiger partial charge on any atom is 0.0447 e. The van der Waals surface area contributed by atoms with Gasteiger partial charge in [0.05, 0.1) is 0 Å². The highest BCUT2D eigenvalue weighted by molar-refractivity contribution is 6.32. The molecule has 0 saturated heterocycles.